The number of carboxylic acid groups (broad SMARTS) is 2. The maximum atomic E-state index is 12.9. The fourth-order valence-corrected chi connectivity index (χ4v) is 6.35. The van der Waals surface area contributed by atoms with Crippen molar-refractivity contribution in [2.45, 2.75) is 36.1 Å². The minimum absolute atomic E-state index is 0. The van der Waals surface area contributed by atoms with Crippen molar-refractivity contribution in [3.05, 3.63) is 53.0 Å². The maximum Gasteiger partial charge on any atom is 1.00 e. The van der Waals surface area contributed by atoms with Gasteiger partial charge in [0.25, 0.3) is 11.8 Å². The van der Waals surface area contributed by atoms with E-state index in [-0.39, 0.29) is 114 Å². The number of hydrogen-bond donors (Lipinski definition) is 2. The quantitative estimate of drug-likeness (QED) is 0.205. The summed E-state index contributed by atoms with van der Waals surface area (Å²) in [4.78, 5) is 49.9. The number of aryl methyl sites for hydroxylation is 1. The third kappa shape index (κ3) is 7.33. The number of aliphatic carboxylic acids is 2. The first-order valence-corrected chi connectivity index (χ1v) is 12.1. The standard InChI is InChI=1S/C20H20N6O7S2.2K/c1-9-4-2-3-5-10(9)16(29)17(30)22-14-18(31)26-15(20(32)33)11(7-34-19(14)26)12(6-13(27)28)35-25-8-21-23-24-25;;/h2-5,8,12,14,16,19,29H,6-7H2,1H3,(H,22,30)(H,27,28)(H,32,33);;/q;2*+1/p-2/t12?,14?,16?,19-;;/m0../s1. The monoisotopic (exact) mass is 596 g/mol. The molecule has 3 unspecified atom stereocenters. The SMILES string of the molecule is Cc1ccccc1C(O)C(=O)NC1C(=O)N2C(C(=O)[O-])=C(C(CC(=O)[O-])Sn3cnnn3)CS[C@@H]12.[K+].[K+]. The van der Waals surface area contributed by atoms with Crippen LogP contribution in [0.4, 0.5) is 0 Å². The summed E-state index contributed by atoms with van der Waals surface area (Å²) in [5.41, 5.74) is 0.742. The Balaban J connectivity index is 0.00000241. The maximum absolute atomic E-state index is 12.9. The summed E-state index contributed by atoms with van der Waals surface area (Å²) in [6.07, 6.45) is -0.865. The number of carbonyl (C=O) groups is 4. The molecular weight excluding hydrogens is 579 g/mol. The minimum atomic E-state index is -1.66. The molecule has 0 saturated carbocycles. The number of carbonyl (C=O) groups excluding carboxylic acids is 4. The van der Waals surface area contributed by atoms with E-state index >= 15 is 0 Å². The number of nitrogens with one attached hydrogen (secondary N) is 1. The zero-order valence-corrected chi connectivity index (χ0v) is 27.9. The molecule has 0 aliphatic carbocycles. The normalized spacial score (nSPS) is 19.9. The van der Waals surface area contributed by atoms with Gasteiger partial charge in [0, 0.05) is 18.1 Å². The van der Waals surface area contributed by atoms with Gasteiger partial charge >= 0.3 is 103 Å². The molecule has 1 saturated heterocycles. The smallest absolute Gasteiger partial charge is 0.550 e. The number of thioether (sulfide) groups is 1. The number of benzene rings is 1. The second-order valence-corrected chi connectivity index (χ2v) is 9.96. The van der Waals surface area contributed by atoms with E-state index in [0.29, 0.717) is 11.1 Å². The fourth-order valence-electron chi connectivity index (χ4n) is 3.85. The van der Waals surface area contributed by atoms with Crippen LogP contribution in [0.25, 0.3) is 0 Å². The van der Waals surface area contributed by atoms with Crippen LogP contribution in [0.15, 0.2) is 41.9 Å². The van der Waals surface area contributed by atoms with Gasteiger partial charge < -0.3 is 30.2 Å². The summed E-state index contributed by atoms with van der Waals surface area (Å²) in [5.74, 6) is -4.57. The Hall–Kier alpha value is -0.157. The molecule has 184 valence electrons. The largest absolute Gasteiger partial charge is 1.00 e. The van der Waals surface area contributed by atoms with Crippen LogP contribution in [-0.2, 0) is 19.2 Å². The van der Waals surface area contributed by atoms with Gasteiger partial charge in [-0.15, -0.1) is 16.9 Å². The van der Waals surface area contributed by atoms with Crippen molar-refractivity contribution in [3.63, 3.8) is 0 Å². The van der Waals surface area contributed by atoms with E-state index in [9.17, 15) is 34.5 Å². The molecule has 2 aliphatic heterocycles. The molecule has 2 aliphatic rings. The number of carboxylic acids is 2. The Kier molecular flexibility index (Phi) is 12.9. The van der Waals surface area contributed by atoms with E-state index in [2.05, 4.69) is 20.8 Å². The number of amides is 2. The minimum Gasteiger partial charge on any atom is -0.550 e. The molecule has 1 aromatic carbocycles. The van der Waals surface area contributed by atoms with Crippen molar-refractivity contribution in [1.82, 2.24) is 29.8 Å². The summed E-state index contributed by atoms with van der Waals surface area (Å²) >= 11 is 2.00. The number of aliphatic hydroxyl groups excluding tert-OH is 1. The van der Waals surface area contributed by atoms with Gasteiger partial charge in [-0.05, 0) is 46.0 Å². The second-order valence-electron chi connectivity index (χ2n) is 7.70. The van der Waals surface area contributed by atoms with Gasteiger partial charge in [0.15, 0.2) is 12.4 Å². The molecular formula is C20H18K2N6O7S2. The molecule has 0 radical (unpaired) electrons. The molecule has 4 rings (SSSR count). The molecule has 1 fully saturated rings. The van der Waals surface area contributed by atoms with Crippen molar-refractivity contribution in [2.75, 3.05) is 5.75 Å². The second kappa shape index (κ2) is 14.5. The number of aromatic nitrogens is 4. The number of β-lactam (4-membered cyclic amide) rings is 1. The first kappa shape index (κ1) is 33.1. The van der Waals surface area contributed by atoms with Crippen molar-refractivity contribution in [2.24, 2.45) is 0 Å². The van der Waals surface area contributed by atoms with Crippen LogP contribution in [0.1, 0.15) is 23.7 Å². The molecule has 3 heterocycles. The molecule has 2 aromatic rings. The molecule has 0 bridgehead atoms. The van der Waals surface area contributed by atoms with Crippen LogP contribution in [0.2, 0.25) is 0 Å². The molecule has 37 heavy (non-hydrogen) atoms. The number of tetrazole rings is 1. The van der Waals surface area contributed by atoms with Crippen LogP contribution in [0.3, 0.4) is 0 Å². The summed E-state index contributed by atoms with van der Waals surface area (Å²) in [6.45, 7) is 1.73. The van der Waals surface area contributed by atoms with Crippen LogP contribution in [-0.4, -0.2) is 75.8 Å². The molecule has 4 atom stereocenters. The number of fused-ring (bicyclic) bond motifs is 1. The molecule has 1 aromatic heterocycles. The van der Waals surface area contributed by atoms with Crippen molar-refractivity contribution in [1.29, 1.82) is 0 Å². The fraction of sp³-hybridized carbons (Fsp3) is 0.350. The molecule has 2 N–H and O–H groups in total. The van der Waals surface area contributed by atoms with Gasteiger partial charge in [-0.25, -0.2) is 0 Å². The van der Waals surface area contributed by atoms with E-state index in [4.69, 9.17) is 0 Å². The average molecular weight is 597 g/mol. The summed E-state index contributed by atoms with van der Waals surface area (Å²) in [7, 11) is 0. The Bertz CT molecular complexity index is 1220. The number of hydrogen-bond acceptors (Lipinski definition) is 12. The van der Waals surface area contributed by atoms with Gasteiger partial charge in [-0.3, -0.25) is 14.5 Å². The number of nitrogens with zero attached hydrogens (tertiary/aromatic N) is 5. The van der Waals surface area contributed by atoms with E-state index in [1.807, 2.05) is 0 Å². The summed E-state index contributed by atoms with van der Waals surface area (Å²) in [5, 5.41) is 45.1. The van der Waals surface area contributed by atoms with Gasteiger partial charge in [-0.1, -0.05) is 24.3 Å². The Labute approximate surface area is 304 Å². The number of aliphatic hydroxyl groups is 1. The van der Waals surface area contributed by atoms with Crippen LogP contribution in [0, 0.1) is 6.92 Å². The average Bonchev–Trinajstić information content (AvgIpc) is 3.33. The van der Waals surface area contributed by atoms with E-state index < -0.39 is 58.6 Å². The van der Waals surface area contributed by atoms with Gasteiger partial charge in [0.2, 0.25) is 0 Å². The van der Waals surface area contributed by atoms with Crippen LogP contribution >= 0.6 is 23.7 Å². The summed E-state index contributed by atoms with van der Waals surface area (Å²) in [6, 6.07) is 5.67. The van der Waals surface area contributed by atoms with Crippen LogP contribution in [0.5, 0.6) is 0 Å². The molecule has 17 heteroatoms. The van der Waals surface area contributed by atoms with E-state index in [1.54, 1.807) is 31.2 Å². The Morgan fingerprint density at radius 1 is 1.27 bits per heavy atom. The Morgan fingerprint density at radius 3 is 2.57 bits per heavy atom. The molecule has 0 spiro atoms. The Morgan fingerprint density at radius 2 is 1.97 bits per heavy atom. The topological polar surface area (TPSA) is 194 Å². The first-order valence-electron chi connectivity index (χ1n) is 10.2. The van der Waals surface area contributed by atoms with E-state index in [0.717, 1.165) is 32.7 Å². The van der Waals surface area contributed by atoms with Gasteiger partial charge in [-0.2, -0.15) is 4.09 Å². The third-order valence-corrected chi connectivity index (χ3v) is 7.92. The van der Waals surface area contributed by atoms with Gasteiger partial charge in [0.1, 0.15) is 11.4 Å². The van der Waals surface area contributed by atoms with Crippen molar-refractivity contribution in [3.8, 4) is 0 Å². The van der Waals surface area contributed by atoms with Crippen LogP contribution < -0.4 is 118 Å². The molecule has 13 nitrogen and oxygen atoms in total. The zero-order valence-electron chi connectivity index (χ0n) is 20.1. The number of rotatable bonds is 9. The van der Waals surface area contributed by atoms with Crippen molar-refractivity contribution < 1.29 is 137 Å². The van der Waals surface area contributed by atoms with E-state index in [1.165, 1.54) is 6.33 Å². The third-order valence-electron chi connectivity index (χ3n) is 5.53. The zero-order chi connectivity index (χ0) is 25.3. The molecule has 2 amide bonds. The summed E-state index contributed by atoms with van der Waals surface area (Å²) < 4.78 is 1.16. The first-order chi connectivity index (χ1) is 16.7. The predicted molar refractivity (Wildman–Crippen MR) is 117 cm³/mol. The van der Waals surface area contributed by atoms with Crippen molar-refractivity contribution >= 4 is 47.5 Å². The van der Waals surface area contributed by atoms with Gasteiger partial charge in [0.05, 0.1) is 16.9 Å². The predicted octanol–water partition coefficient (Wildman–Crippen LogP) is -8.87.